The Balaban J connectivity index is 2.13. The van der Waals surface area contributed by atoms with Gasteiger partial charge < -0.3 is 4.74 Å². The van der Waals surface area contributed by atoms with E-state index in [1.165, 1.54) is 6.07 Å². The minimum atomic E-state index is -0.384. The van der Waals surface area contributed by atoms with Gasteiger partial charge in [-0.15, -0.1) is 0 Å². The first-order chi connectivity index (χ1) is 8.70. The fourth-order valence-corrected chi connectivity index (χ4v) is 2.63. The molecule has 0 aromatic heterocycles. The third-order valence-electron chi connectivity index (χ3n) is 3.29. The van der Waals surface area contributed by atoms with Gasteiger partial charge in [-0.3, -0.25) is 0 Å². The van der Waals surface area contributed by atoms with Gasteiger partial charge in [-0.1, -0.05) is 28.8 Å². The van der Waals surface area contributed by atoms with E-state index < -0.39 is 0 Å². The number of hydrogen-bond acceptors (Lipinski definition) is 2. The summed E-state index contributed by atoms with van der Waals surface area (Å²) in [5.41, 5.74) is 0. The maximum atomic E-state index is 13.7. The van der Waals surface area contributed by atoms with Gasteiger partial charge in [-0.25, -0.2) is 4.39 Å². The Kier molecular flexibility index (Phi) is 4.60. The van der Waals surface area contributed by atoms with Gasteiger partial charge >= 0.3 is 0 Å². The van der Waals surface area contributed by atoms with Crippen molar-refractivity contribution in [1.82, 2.24) is 0 Å². The molecule has 2 nitrogen and oxygen atoms in total. The van der Waals surface area contributed by atoms with Crippen LogP contribution in [0.5, 0.6) is 5.75 Å². The number of nitriles is 1. The zero-order valence-electron chi connectivity index (χ0n) is 10.0. The molecule has 0 amide bonds. The average Bonchev–Trinajstić information content (AvgIpc) is 2.57. The quantitative estimate of drug-likeness (QED) is 0.756. The molecule has 2 atom stereocenters. The van der Waals surface area contributed by atoms with Gasteiger partial charge in [0.25, 0.3) is 0 Å². The molecule has 18 heavy (non-hydrogen) atoms. The normalized spacial score (nSPS) is 24.1. The number of benzene rings is 1. The van der Waals surface area contributed by atoms with E-state index in [2.05, 4.69) is 22.0 Å². The van der Waals surface area contributed by atoms with Crippen LogP contribution >= 0.6 is 15.9 Å². The lowest BCUT2D eigenvalue weighted by Crippen LogP contribution is -2.25. The molecule has 0 heterocycles. The van der Waals surface area contributed by atoms with Crippen LogP contribution in [0.15, 0.2) is 22.7 Å². The molecule has 0 saturated heterocycles. The Bertz CT molecular complexity index is 458. The summed E-state index contributed by atoms with van der Waals surface area (Å²) in [6.07, 6.45) is 4.71. The Morgan fingerprint density at radius 1 is 1.28 bits per heavy atom. The molecule has 96 valence electrons. The van der Waals surface area contributed by atoms with Gasteiger partial charge in [0, 0.05) is 4.47 Å². The zero-order valence-corrected chi connectivity index (χ0v) is 11.6. The van der Waals surface area contributed by atoms with E-state index in [0.717, 1.165) is 32.1 Å². The summed E-state index contributed by atoms with van der Waals surface area (Å²) in [4.78, 5) is 0. The molecule has 0 bridgehead atoms. The lowest BCUT2D eigenvalue weighted by atomic mass is 9.99. The van der Waals surface area contributed by atoms with Gasteiger partial charge in [0.05, 0.1) is 12.0 Å². The molecule has 0 N–H and O–H groups in total. The van der Waals surface area contributed by atoms with Crippen LogP contribution in [0.1, 0.15) is 32.1 Å². The van der Waals surface area contributed by atoms with Crippen LogP contribution in [0.2, 0.25) is 0 Å². The molecule has 2 unspecified atom stereocenters. The predicted octanol–water partition coefficient (Wildman–Crippen LogP) is 4.44. The van der Waals surface area contributed by atoms with Crippen LogP contribution in [-0.4, -0.2) is 6.10 Å². The first-order valence-electron chi connectivity index (χ1n) is 6.22. The third-order valence-corrected chi connectivity index (χ3v) is 3.78. The Labute approximate surface area is 115 Å². The van der Waals surface area contributed by atoms with Crippen LogP contribution in [-0.2, 0) is 0 Å². The summed E-state index contributed by atoms with van der Waals surface area (Å²) >= 11 is 3.21. The predicted molar refractivity (Wildman–Crippen MR) is 70.7 cm³/mol. The fourth-order valence-electron chi connectivity index (χ4n) is 2.30. The number of hydrogen-bond donors (Lipinski definition) is 0. The zero-order chi connectivity index (χ0) is 13.0. The van der Waals surface area contributed by atoms with Crippen molar-refractivity contribution in [3.63, 3.8) is 0 Å². The third kappa shape index (κ3) is 3.23. The van der Waals surface area contributed by atoms with E-state index in [0.29, 0.717) is 4.47 Å². The van der Waals surface area contributed by atoms with Gasteiger partial charge in [-0.2, -0.15) is 5.26 Å². The molecular formula is C14H15BrFNO. The molecule has 1 aromatic rings. The van der Waals surface area contributed by atoms with E-state index in [1.807, 2.05) is 0 Å². The SMILES string of the molecule is N#CC1CCCCCC1Oc1ccc(Br)cc1F. The van der Waals surface area contributed by atoms with Gasteiger partial charge in [0.15, 0.2) is 11.6 Å². The molecule has 0 spiro atoms. The summed E-state index contributed by atoms with van der Waals surface area (Å²) in [5.74, 6) is -0.272. The summed E-state index contributed by atoms with van der Waals surface area (Å²) in [7, 11) is 0. The van der Waals surface area contributed by atoms with Crippen molar-refractivity contribution in [2.45, 2.75) is 38.2 Å². The van der Waals surface area contributed by atoms with Crippen LogP contribution in [0, 0.1) is 23.1 Å². The van der Waals surface area contributed by atoms with Crippen LogP contribution < -0.4 is 4.74 Å². The molecular weight excluding hydrogens is 297 g/mol. The Morgan fingerprint density at radius 2 is 2.06 bits per heavy atom. The van der Waals surface area contributed by atoms with Crippen molar-refractivity contribution in [3.8, 4) is 11.8 Å². The molecule has 1 fully saturated rings. The second-order valence-corrected chi connectivity index (χ2v) is 5.52. The smallest absolute Gasteiger partial charge is 0.166 e. The first-order valence-corrected chi connectivity index (χ1v) is 7.01. The van der Waals surface area contributed by atoms with Crippen molar-refractivity contribution in [3.05, 3.63) is 28.5 Å². The largest absolute Gasteiger partial charge is 0.486 e. The van der Waals surface area contributed by atoms with Crippen LogP contribution in [0.25, 0.3) is 0 Å². The monoisotopic (exact) mass is 311 g/mol. The van der Waals surface area contributed by atoms with Gasteiger partial charge in [0.1, 0.15) is 6.10 Å². The van der Waals surface area contributed by atoms with E-state index in [9.17, 15) is 4.39 Å². The maximum absolute atomic E-state index is 13.7. The summed E-state index contributed by atoms with van der Waals surface area (Å²) in [6, 6.07) is 7.03. The number of rotatable bonds is 2. The van der Waals surface area contributed by atoms with Crippen molar-refractivity contribution < 1.29 is 9.13 Å². The highest BCUT2D eigenvalue weighted by atomic mass is 79.9. The molecule has 1 saturated carbocycles. The van der Waals surface area contributed by atoms with Gasteiger partial charge in [-0.05, 0) is 37.5 Å². The minimum absolute atomic E-state index is 0.129. The van der Waals surface area contributed by atoms with E-state index in [1.54, 1.807) is 12.1 Å². The highest BCUT2D eigenvalue weighted by Gasteiger charge is 2.26. The summed E-state index contributed by atoms with van der Waals surface area (Å²) in [5, 5.41) is 9.15. The molecule has 0 radical (unpaired) electrons. The number of nitrogens with zero attached hydrogens (tertiary/aromatic N) is 1. The highest BCUT2D eigenvalue weighted by molar-refractivity contribution is 9.10. The average molecular weight is 312 g/mol. The van der Waals surface area contributed by atoms with Crippen molar-refractivity contribution in [1.29, 1.82) is 5.26 Å². The Morgan fingerprint density at radius 3 is 2.78 bits per heavy atom. The van der Waals surface area contributed by atoms with Crippen molar-refractivity contribution >= 4 is 15.9 Å². The van der Waals surface area contributed by atoms with Crippen molar-refractivity contribution in [2.24, 2.45) is 5.92 Å². The molecule has 2 rings (SSSR count). The molecule has 1 aromatic carbocycles. The van der Waals surface area contributed by atoms with Gasteiger partial charge in [0.2, 0.25) is 0 Å². The number of halogens is 2. The lowest BCUT2D eigenvalue weighted by molar-refractivity contribution is 0.145. The maximum Gasteiger partial charge on any atom is 0.166 e. The number of ether oxygens (including phenoxy) is 1. The van der Waals surface area contributed by atoms with E-state index in [4.69, 9.17) is 10.00 Å². The minimum Gasteiger partial charge on any atom is -0.486 e. The second kappa shape index (κ2) is 6.19. The second-order valence-electron chi connectivity index (χ2n) is 4.60. The van der Waals surface area contributed by atoms with Crippen LogP contribution in [0.3, 0.4) is 0 Å². The molecule has 0 aliphatic heterocycles. The molecule has 1 aliphatic carbocycles. The van der Waals surface area contributed by atoms with Crippen LogP contribution in [0.4, 0.5) is 4.39 Å². The molecule has 4 heteroatoms. The summed E-state index contributed by atoms with van der Waals surface area (Å²) < 4.78 is 20.1. The summed E-state index contributed by atoms with van der Waals surface area (Å²) in [6.45, 7) is 0. The molecule has 1 aliphatic rings. The van der Waals surface area contributed by atoms with E-state index in [-0.39, 0.29) is 23.6 Å². The fraction of sp³-hybridized carbons (Fsp3) is 0.500. The standard InChI is InChI=1S/C14H15BrFNO/c15-11-6-7-14(12(16)8-11)18-13-5-3-1-2-4-10(13)9-17/h6-8,10,13H,1-5H2. The van der Waals surface area contributed by atoms with E-state index >= 15 is 0 Å². The topological polar surface area (TPSA) is 33.0 Å². The van der Waals surface area contributed by atoms with Crippen molar-refractivity contribution in [2.75, 3.05) is 0 Å². The lowest BCUT2D eigenvalue weighted by Gasteiger charge is -2.21. The Hall–Kier alpha value is -1.08. The first kappa shape index (κ1) is 13.4. The highest BCUT2D eigenvalue weighted by Crippen LogP contribution is 2.29.